The first-order chi connectivity index (χ1) is 6.86. The Morgan fingerprint density at radius 1 is 1.20 bits per heavy atom. The fourth-order valence-electron chi connectivity index (χ4n) is 1.69. The van der Waals surface area contributed by atoms with Gasteiger partial charge in [-0.25, -0.2) is 0 Å². The minimum Gasteiger partial charge on any atom is -0.359 e. The Hall–Kier alpha value is -0.440. The molecule has 2 nitrogen and oxygen atoms in total. The van der Waals surface area contributed by atoms with Crippen LogP contribution in [0.15, 0.2) is 25.1 Å². The number of hydrogen-bond acceptors (Lipinski definition) is 2. The average molecular weight is 275 g/mol. The molecule has 88 valence electrons. The highest BCUT2D eigenvalue weighted by atomic mass is 79.9. The summed E-state index contributed by atoms with van der Waals surface area (Å²) >= 11 is 0. The van der Waals surface area contributed by atoms with E-state index >= 15 is 0 Å². The molecule has 0 atom stereocenters. The van der Waals surface area contributed by atoms with E-state index in [0.717, 1.165) is 13.2 Å². The van der Waals surface area contributed by atoms with Gasteiger partial charge in [0, 0.05) is 25.5 Å². The van der Waals surface area contributed by atoms with Crippen LogP contribution in [-0.2, 0) is 0 Å². The molecule has 0 fully saturated rings. The zero-order chi connectivity index (χ0) is 10.2. The zero-order valence-electron chi connectivity index (χ0n) is 9.69. The van der Waals surface area contributed by atoms with Crippen LogP contribution in [-0.4, -0.2) is 29.6 Å². The molecular weight excluding hydrogens is 252 g/mol. The van der Waals surface area contributed by atoms with Crippen LogP contribution in [0.4, 0.5) is 0 Å². The van der Waals surface area contributed by atoms with Crippen LogP contribution in [0.5, 0.6) is 0 Å². The standard InChI is InChI=1S/C12H22N2.BrH/c1-3-5-6-7-9-14-11-10-13(12-14)8-4-2;/h4,10-11H,2-3,5-9,12H2,1H3;1H. The van der Waals surface area contributed by atoms with Crippen molar-refractivity contribution in [3.05, 3.63) is 25.1 Å². The molecule has 1 aliphatic rings. The maximum atomic E-state index is 3.74. The molecule has 1 rings (SSSR count). The third-order valence-electron chi connectivity index (χ3n) is 2.51. The maximum absolute atomic E-state index is 3.74. The third kappa shape index (κ3) is 5.88. The molecule has 0 N–H and O–H groups in total. The number of hydrogen-bond donors (Lipinski definition) is 0. The maximum Gasteiger partial charge on any atom is 0.0896 e. The van der Waals surface area contributed by atoms with Gasteiger partial charge < -0.3 is 9.80 Å². The monoisotopic (exact) mass is 274 g/mol. The summed E-state index contributed by atoms with van der Waals surface area (Å²) in [4.78, 5) is 4.64. The second-order valence-electron chi connectivity index (χ2n) is 3.87. The van der Waals surface area contributed by atoms with Gasteiger partial charge in [-0.15, -0.1) is 23.6 Å². The lowest BCUT2D eigenvalue weighted by Gasteiger charge is -2.19. The quantitative estimate of drug-likeness (QED) is 0.519. The summed E-state index contributed by atoms with van der Waals surface area (Å²) < 4.78 is 0. The molecule has 0 aromatic carbocycles. The summed E-state index contributed by atoms with van der Waals surface area (Å²) in [5.41, 5.74) is 0. The molecule has 0 saturated carbocycles. The molecule has 0 bridgehead atoms. The third-order valence-corrected chi connectivity index (χ3v) is 2.51. The van der Waals surface area contributed by atoms with Gasteiger partial charge in [0.05, 0.1) is 6.67 Å². The highest BCUT2D eigenvalue weighted by Crippen LogP contribution is 2.08. The molecule has 3 heteroatoms. The lowest BCUT2D eigenvalue weighted by atomic mass is 10.2. The van der Waals surface area contributed by atoms with Gasteiger partial charge in [0.15, 0.2) is 0 Å². The summed E-state index contributed by atoms with van der Waals surface area (Å²) in [6, 6.07) is 0. The van der Waals surface area contributed by atoms with E-state index in [2.05, 4.69) is 35.7 Å². The van der Waals surface area contributed by atoms with E-state index in [1.54, 1.807) is 0 Å². The molecule has 0 radical (unpaired) electrons. The number of halogens is 1. The molecule has 0 aromatic rings. The Bertz CT molecular complexity index is 192. The molecule has 15 heavy (non-hydrogen) atoms. The first-order valence-corrected chi connectivity index (χ1v) is 5.64. The van der Waals surface area contributed by atoms with Crippen LogP contribution in [0.2, 0.25) is 0 Å². The Morgan fingerprint density at radius 3 is 2.60 bits per heavy atom. The normalized spacial score (nSPS) is 14.2. The van der Waals surface area contributed by atoms with Crippen molar-refractivity contribution in [2.75, 3.05) is 19.8 Å². The van der Waals surface area contributed by atoms with E-state index in [1.165, 1.54) is 32.2 Å². The molecular formula is C12H23BrN2. The van der Waals surface area contributed by atoms with Gasteiger partial charge in [-0.05, 0) is 6.42 Å². The summed E-state index contributed by atoms with van der Waals surface area (Å²) in [6.45, 7) is 9.19. The van der Waals surface area contributed by atoms with Crippen molar-refractivity contribution in [1.82, 2.24) is 9.80 Å². The molecule has 0 unspecified atom stereocenters. The van der Waals surface area contributed by atoms with Gasteiger partial charge in [0.25, 0.3) is 0 Å². The molecule has 0 aliphatic carbocycles. The van der Waals surface area contributed by atoms with Crippen molar-refractivity contribution < 1.29 is 0 Å². The van der Waals surface area contributed by atoms with Crippen LogP contribution >= 0.6 is 17.0 Å². The number of rotatable bonds is 7. The second kappa shape index (κ2) is 8.84. The van der Waals surface area contributed by atoms with Gasteiger partial charge in [-0.2, -0.15) is 0 Å². The van der Waals surface area contributed by atoms with E-state index in [9.17, 15) is 0 Å². The summed E-state index contributed by atoms with van der Waals surface area (Å²) in [5, 5.41) is 0. The van der Waals surface area contributed by atoms with E-state index < -0.39 is 0 Å². The van der Waals surface area contributed by atoms with Crippen LogP contribution < -0.4 is 0 Å². The Kier molecular flexibility index (Phi) is 8.58. The highest BCUT2D eigenvalue weighted by Gasteiger charge is 2.09. The highest BCUT2D eigenvalue weighted by molar-refractivity contribution is 8.93. The van der Waals surface area contributed by atoms with Crippen molar-refractivity contribution in [3.8, 4) is 0 Å². The van der Waals surface area contributed by atoms with Crippen molar-refractivity contribution in [2.45, 2.75) is 32.6 Å². The number of nitrogens with zero attached hydrogens (tertiary/aromatic N) is 2. The largest absolute Gasteiger partial charge is 0.359 e. The van der Waals surface area contributed by atoms with Crippen LogP contribution in [0.3, 0.4) is 0 Å². The fraction of sp³-hybridized carbons (Fsp3) is 0.667. The van der Waals surface area contributed by atoms with Gasteiger partial charge in [-0.3, -0.25) is 0 Å². The molecule has 1 aliphatic heterocycles. The molecule has 0 spiro atoms. The SMILES string of the molecule is Br.C=CCN1C=CN(CCCCCC)C1. The Balaban J connectivity index is 0.00000196. The van der Waals surface area contributed by atoms with Gasteiger partial charge >= 0.3 is 0 Å². The lowest BCUT2D eigenvalue weighted by Crippen LogP contribution is -2.26. The summed E-state index contributed by atoms with van der Waals surface area (Å²) in [5.74, 6) is 0. The molecule has 1 heterocycles. The second-order valence-corrected chi connectivity index (χ2v) is 3.87. The summed E-state index contributed by atoms with van der Waals surface area (Å²) in [6.07, 6.45) is 11.7. The minimum atomic E-state index is 0. The Morgan fingerprint density at radius 2 is 1.93 bits per heavy atom. The molecule has 0 saturated heterocycles. The topological polar surface area (TPSA) is 6.48 Å². The summed E-state index contributed by atoms with van der Waals surface area (Å²) in [7, 11) is 0. The molecule has 0 amide bonds. The first-order valence-electron chi connectivity index (χ1n) is 5.64. The van der Waals surface area contributed by atoms with Gasteiger partial charge in [-0.1, -0.05) is 32.3 Å². The lowest BCUT2D eigenvalue weighted by molar-refractivity contribution is 0.276. The van der Waals surface area contributed by atoms with Gasteiger partial charge in [0.1, 0.15) is 0 Å². The van der Waals surface area contributed by atoms with Crippen molar-refractivity contribution in [2.24, 2.45) is 0 Å². The van der Waals surface area contributed by atoms with E-state index in [0.29, 0.717) is 0 Å². The predicted octanol–water partition coefficient (Wildman–Crippen LogP) is 3.38. The smallest absolute Gasteiger partial charge is 0.0896 e. The first kappa shape index (κ1) is 14.6. The van der Waals surface area contributed by atoms with E-state index in [-0.39, 0.29) is 17.0 Å². The zero-order valence-corrected chi connectivity index (χ0v) is 11.4. The van der Waals surface area contributed by atoms with Crippen molar-refractivity contribution in [1.29, 1.82) is 0 Å². The Labute approximate surface area is 104 Å². The van der Waals surface area contributed by atoms with Crippen LogP contribution in [0, 0.1) is 0 Å². The fourth-order valence-corrected chi connectivity index (χ4v) is 1.69. The van der Waals surface area contributed by atoms with Crippen LogP contribution in [0.1, 0.15) is 32.6 Å². The molecule has 0 aromatic heterocycles. The number of unbranched alkanes of at least 4 members (excludes halogenated alkanes) is 3. The van der Waals surface area contributed by atoms with E-state index in [4.69, 9.17) is 0 Å². The van der Waals surface area contributed by atoms with Crippen LogP contribution in [0.25, 0.3) is 0 Å². The van der Waals surface area contributed by atoms with Crippen molar-refractivity contribution in [3.63, 3.8) is 0 Å². The predicted molar refractivity (Wildman–Crippen MR) is 72.1 cm³/mol. The minimum absolute atomic E-state index is 0. The van der Waals surface area contributed by atoms with Crippen molar-refractivity contribution >= 4 is 17.0 Å². The van der Waals surface area contributed by atoms with Gasteiger partial charge in [0.2, 0.25) is 0 Å². The van der Waals surface area contributed by atoms with E-state index in [1.807, 2.05) is 6.08 Å². The average Bonchev–Trinajstić information content (AvgIpc) is 2.61.